The number of anilines is 1. The molecule has 5 heteroatoms. The van der Waals surface area contributed by atoms with E-state index in [2.05, 4.69) is 5.32 Å². The van der Waals surface area contributed by atoms with Gasteiger partial charge in [0, 0.05) is 5.69 Å². The van der Waals surface area contributed by atoms with Crippen molar-refractivity contribution in [1.29, 1.82) is 0 Å². The maximum Gasteiger partial charge on any atom is 0.332 e. The van der Waals surface area contributed by atoms with Gasteiger partial charge >= 0.3 is 5.97 Å². The number of rotatable bonds is 3. The highest BCUT2D eigenvalue weighted by atomic mass is 16.5. The average Bonchev–Trinajstić information content (AvgIpc) is 2.78. The van der Waals surface area contributed by atoms with Gasteiger partial charge in [0.25, 0.3) is 5.91 Å². The number of amides is 1. The van der Waals surface area contributed by atoms with Gasteiger partial charge in [-0.15, -0.1) is 0 Å². The molecule has 1 aliphatic rings. The van der Waals surface area contributed by atoms with Crippen LogP contribution in [0, 0.1) is 6.92 Å². The van der Waals surface area contributed by atoms with Crippen LogP contribution in [-0.4, -0.2) is 29.2 Å². The van der Waals surface area contributed by atoms with E-state index in [1.165, 1.54) is 0 Å². The summed E-state index contributed by atoms with van der Waals surface area (Å²) in [5, 5.41) is 11.5. The van der Waals surface area contributed by atoms with Crippen molar-refractivity contribution in [3.63, 3.8) is 0 Å². The molecule has 2 unspecified atom stereocenters. The van der Waals surface area contributed by atoms with E-state index in [1.807, 2.05) is 25.1 Å². The van der Waals surface area contributed by atoms with E-state index in [1.54, 1.807) is 6.07 Å². The zero-order valence-corrected chi connectivity index (χ0v) is 10.1. The predicted molar refractivity (Wildman–Crippen MR) is 65.3 cm³/mol. The molecule has 1 amide bonds. The first kappa shape index (κ1) is 12.6. The standard InChI is InChI=1S/C13H15NO4/c1-8-3-2-4-9(7-8)14-12(15)10-5-6-11(18-10)13(16)17/h2-4,7,10-11H,5-6H2,1H3,(H,14,15)(H,16,17). The molecule has 1 aliphatic heterocycles. The quantitative estimate of drug-likeness (QED) is 0.852. The minimum atomic E-state index is -1.01. The number of carboxylic acids is 1. The first-order valence-corrected chi connectivity index (χ1v) is 5.82. The summed E-state index contributed by atoms with van der Waals surface area (Å²) >= 11 is 0. The lowest BCUT2D eigenvalue weighted by Crippen LogP contribution is -2.29. The molecule has 2 N–H and O–H groups in total. The Morgan fingerprint density at radius 2 is 2.06 bits per heavy atom. The molecule has 18 heavy (non-hydrogen) atoms. The van der Waals surface area contributed by atoms with Crippen LogP contribution >= 0.6 is 0 Å². The van der Waals surface area contributed by atoms with Gasteiger partial charge in [0.1, 0.15) is 6.10 Å². The first-order valence-electron chi connectivity index (χ1n) is 5.82. The summed E-state index contributed by atoms with van der Waals surface area (Å²) in [5.41, 5.74) is 1.74. The Morgan fingerprint density at radius 3 is 2.67 bits per heavy atom. The highest BCUT2D eigenvalue weighted by Gasteiger charge is 2.34. The Morgan fingerprint density at radius 1 is 1.33 bits per heavy atom. The number of carbonyl (C=O) groups is 2. The van der Waals surface area contributed by atoms with Gasteiger partial charge < -0.3 is 15.2 Å². The Hall–Kier alpha value is -1.88. The number of aryl methyl sites for hydroxylation is 1. The normalized spacial score (nSPS) is 22.7. The minimum Gasteiger partial charge on any atom is -0.479 e. The molecule has 1 fully saturated rings. The second kappa shape index (κ2) is 5.18. The largest absolute Gasteiger partial charge is 0.479 e. The van der Waals surface area contributed by atoms with Crippen LogP contribution in [0.4, 0.5) is 5.69 Å². The number of carbonyl (C=O) groups excluding carboxylic acids is 1. The van der Waals surface area contributed by atoms with E-state index in [0.717, 1.165) is 5.56 Å². The maximum atomic E-state index is 11.9. The van der Waals surface area contributed by atoms with Crippen LogP contribution in [-0.2, 0) is 14.3 Å². The molecule has 5 nitrogen and oxygen atoms in total. The molecule has 2 atom stereocenters. The fourth-order valence-corrected chi connectivity index (χ4v) is 1.96. The fraction of sp³-hybridized carbons (Fsp3) is 0.385. The lowest BCUT2D eigenvalue weighted by Gasteiger charge is -2.12. The maximum absolute atomic E-state index is 11.9. The molecule has 0 saturated carbocycles. The molecule has 1 aromatic carbocycles. The van der Waals surface area contributed by atoms with Gasteiger partial charge in [-0.3, -0.25) is 4.79 Å². The van der Waals surface area contributed by atoms with Gasteiger partial charge in [-0.1, -0.05) is 12.1 Å². The number of aliphatic carboxylic acids is 1. The van der Waals surface area contributed by atoms with Gasteiger partial charge in [-0.25, -0.2) is 4.79 Å². The van der Waals surface area contributed by atoms with Crippen molar-refractivity contribution >= 4 is 17.6 Å². The van der Waals surface area contributed by atoms with Crippen molar-refractivity contribution in [1.82, 2.24) is 0 Å². The summed E-state index contributed by atoms with van der Waals surface area (Å²) in [7, 11) is 0. The molecule has 0 spiro atoms. The number of benzene rings is 1. The van der Waals surface area contributed by atoms with E-state index in [-0.39, 0.29) is 5.91 Å². The molecule has 0 bridgehead atoms. The van der Waals surface area contributed by atoms with Crippen molar-refractivity contribution < 1.29 is 19.4 Å². The number of carboxylic acid groups (broad SMARTS) is 1. The zero-order chi connectivity index (χ0) is 13.1. The average molecular weight is 249 g/mol. The van der Waals surface area contributed by atoms with Crippen molar-refractivity contribution in [2.75, 3.05) is 5.32 Å². The summed E-state index contributed by atoms with van der Waals surface area (Å²) in [6.07, 6.45) is -0.722. The lowest BCUT2D eigenvalue weighted by atomic mass is 10.2. The summed E-state index contributed by atoms with van der Waals surface area (Å²) < 4.78 is 5.18. The van der Waals surface area contributed by atoms with Crippen molar-refractivity contribution in [3.05, 3.63) is 29.8 Å². The molecule has 0 radical (unpaired) electrons. The Bertz CT molecular complexity index is 472. The van der Waals surface area contributed by atoms with Gasteiger partial charge in [0.15, 0.2) is 6.10 Å². The smallest absolute Gasteiger partial charge is 0.332 e. The van der Waals surface area contributed by atoms with E-state index in [0.29, 0.717) is 18.5 Å². The molecule has 2 rings (SSSR count). The highest BCUT2D eigenvalue weighted by Crippen LogP contribution is 2.21. The lowest BCUT2D eigenvalue weighted by molar-refractivity contribution is -0.150. The molecule has 1 heterocycles. The van der Waals surface area contributed by atoms with Crippen LogP contribution < -0.4 is 5.32 Å². The van der Waals surface area contributed by atoms with E-state index in [9.17, 15) is 9.59 Å². The summed E-state index contributed by atoms with van der Waals surface area (Å²) in [6, 6.07) is 7.42. The van der Waals surface area contributed by atoms with Crippen LogP contribution in [0.2, 0.25) is 0 Å². The topological polar surface area (TPSA) is 75.6 Å². The van der Waals surface area contributed by atoms with E-state index < -0.39 is 18.2 Å². The second-order valence-electron chi connectivity index (χ2n) is 4.39. The Labute approximate surface area is 105 Å². The zero-order valence-electron chi connectivity index (χ0n) is 10.1. The van der Waals surface area contributed by atoms with Crippen LogP contribution in [0.25, 0.3) is 0 Å². The molecular formula is C13H15NO4. The number of ether oxygens (including phenoxy) is 1. The van der Waals surface area contributed by atoms with Crippen molar-refractivity contribution in [3.8, 4) is 0 Å². The molecule has 0 aromatic heterocycles. The summed E-state index contributed by atoms with van der Waals surface area (Å²) in [4.78, 5) is 22.6. The first-order chi connectivity index (χ1) is 8.56. The van der Waals surface area contributed by atoms with Crippen LogP contribution in [0.1, 0.15) is 18.4 Å². The van der Waals surface area contributed by atoms with E-state index in [4.69, 9.17) is 9.84 Å². The predicted octanol–water partition coefficient (Wildman–Crippen LogP) is 1.57. The fourth-order valence-electron chi connectivity index (χ4n) is 1.96. The second-order valence-corrected chi connectivity index (χ2v) is 4.39. The van der Waals surface area contributed by atoms with Gasteiger partial charge in [-0.2, -0.15) is 0 Å². The van der Waals surface area contributed by atoms with Gasteiger partial charge in [-0.05, 0) is 37.5 Å². The highest BCUT2D eigenvalue weighted by molar-refractivity contribution is 5.94. The van der Waals surface area contributed by atoms with Crippen molar-refractivity contribution in [2.45, 2.75) is 32.0 Å². The molecular weight excluding hydrogens is 234 g/mol. The number of hydrogen-bond acceptors (Lipinski definition) is 3. The van der Waals surface area contributed by atoms with E-state index >= 15 is 0 Å². The third-order valence-corrected chi connectivity index (χ3v) is 2.87. The molecule has 96 valence electrons. The number of nitrogens with one attached hydrogen (secondary N) is 1. The molecule has 1 aromatic rings. The van der Waals surface area contributed by atoms with Crippen LogP contribution in [0.5, 0.6) is 0 Å². The van der Waals surface area contributed by atoms with Crippen molar-refractivity contribution in [2.24, 2.45) is 0 Å². The SMILES string of the molecule is Cc1cccc(NC(=O)C2CCC(C(=O)O)O2)c1. The Kier molecular flexibility index (Phi) is 3.62. The number of hydrogen-bond donors (Lipinski definition) is 2. The monoisotopic (exact) mass is 249 g/mol. The Balaban J connectivity index is 1.95. The van der Waals surface area contributed by atoms with Crippen LogP contribution in [0.3, 0.4) is 0 Å². The molecule has 1 saturated heterocycles. The third kappa shape index (κ3) is 2.87. The summed E-state index contributed by atoms with van der Waals surface area (Å²) in [5.74, 6) is -1.30. The summed E-state index contributed by atoms with van der Waals surface area (Å²) in [6.45, 7) is 1.93. The van der Waals surface area contributed by atoms with Crippen LogP contribution in [0.15, 0.2) is 24.3 Å². The minimum absolute atomic E-state index is 0.288. The third-order valence-electron chi connectivity index (χ3n) is 2.87. The van der Waals surface area contributed by atoms with Gasteiger partial charge in [0.2, 0.25) is 0 Å². The molecule has 0 aliphatic carbocycles. The van der Waals surface area contributed by atoms with Gasteiger partial charge in [0.05, 0.1) is 0 Å².